The summed E-state index contributed by atoms with van der Waals surface area (Å²) >= 11 is 0. The van der Waals surface area contributed by atoms with E-state index in [4.69, 9.17) is 4.74 Å². The van der Waals surface area contributed by atoms with Crippen molar-refractivity contribution in [3.63, 3.8) is 0 Å². The maximum Gasteiger partial charge on any atom is 0.410 e. The van der Waals surface area contributed by atoms with Gasteiger partial charge in [0.25, 0.3) is 0 Å². The van der Waals surface area contributed by atoms with E-state index in [1.54, 1.807) is 4.90 Å². The van der Waals surface area contributed by atoms with Crippen LogP contribution in [0, 0.1) is 6.92 Å². The van der Waals surface area contributed by atoms with Gasteiger partial charge < -0.3 is 9.64 Å². The number of nitrogens with one attached hydrogen (secondary N) is 1. The fraction of sp³-hybridized carbons (Fsp3) is 0.444. The molecule has 2 aromatic rings. The quantitative estimate of drug-likeness (QED) is 0.868. The summed E-state index contributed by atoms with van der Waals surface area (Å²) in [6.07, 6.45) is 2.61. The van der Waals surface area contributed by atoms with Crippen LogP contribution in [-0.4, -0.2) is 39.9 Å². The van der Waals surface area contributed by atoms with Gasteiger partial charge in [-0.2, -0.15) is 5.10 Å². The Hall–Kier alpha value is -2.30. The molecule has 0 saturated heterocycles. The van der Waals surface area contributed by atoms with Gasteiger partial charge in [-0.3, -0.25) is 5.10 Å². The van der Waals surface area contributed by atoms with Gasteiger partial charge in [0.1, 0.15) is 5.60 Å². The number of H-pyrrole nitrogens is 1. The maximum absolute atomic E-state index is 12.1. The minimum Gasteiger partial charge on any atom is -0.444 e. The monoisotopic (exact) mass is 313 g/mol. The van der Waals surface area contributed by atoms with Crippen molar-refractivity contribution >= 4 is 22.6 Å². The number of aryl methyl sites for hydroxylation is 1. The number of benzene rings is 1. The van der Waals surface area contributed by atoms with Gasteiger partial charge in [-0.25, -0.2) is 4.79 Å². The molecule has 5 nitrogen and oxygen atoms in total. The number of ether oxygens (including phenoxy) is 1. The van der Waals surface area contributed by atoms with Crippen molar-refractivity contribution in [3.05, 3.63) is 35.5 Å². The second-order valence-corrected chi connectivity index (χ2v) is 7.03. The first-order chi connectivity index (χ1) is 10.8. The molecule has 0 radical (unpaired) electrons. The third-order valence-electron chi connectivity index (χ3n) is 3.88. The minimum absolute atomic E-state index is 0.254. The maximum atomic E-state index is 12.1. The largest absolute Gasteiger partial charge is 0.444 e. The van der Waals surface area contributed by atoms with Crippen molar-refractivity contribution in [3.8, 4) is 0 Å². The average Bonchev–Trinajstić information content (AvgIpc) is 2.88. The predicted molar refractivity (Wildman–Crippen MR) is 91.2 cm³/mol. The number of aromatic nitrogens is 2. The van der Waals surface area contributed by atoms with Crippen LogP contribution in [0.4, 0.5) is 4.79 Å². The zero-order chi connectivity index (χ0) is 16.6. The molecule has 0 aliphatic carbocycles. The Morgan fingerprint density at radius 3 is 2.78 bits per heavy atom. The molecule has 1 aromatic carbocycles. The zero-order valence-electron chi connectivity index (χ0n) is 14.1. The van der Waals surface area contributed by atoms with Crippen LogP contribution in [0.3, 0.4) is 0 Å². The van der Waals surface area contributed by atoms with Gasteiger partial charge in [-0.15, -0.1) is 0 Å². The summed E-state index contributed by atoms with van der Waals surface area (Å²) in [5.41, 5.74) is 3.97. The number of carbonyl (C=O) groups excluding carboxylic acids is 1. The molecule has 3 rings (SSSR count). The molecule has 0 unspecified atom stereocenters. The molecule has 0 bridgehead atoms. The molecule has 0 fully saturated rings. The molecule has 2 heterocycles. The molecule has 5 heteroatoms. The Bertz CT molecular complexity index is 768. The fourth-order valence-electron chi connectivity index (χ4n) is 2.75. The Balaban J connectivity index is 1.78. The molecule has 122 valence electrons. The zero-order valence-corrected chi connectivity index (χ0v) is 14.1. The molecular weight excluding hydrogens is 290 g/mol. The van der Waals surface area contributed by atoms with E-state index in [2.05, 4.69) is 41.4 Å². The number of amides is 1. The highest BCUT2D eigenvalue weighted by Gasteiger charge is 2.24. The van der Waals surface area contributed by atoms with Crippen LogP contribution in [0.15, 0.2) is 24.3 Å². The van der Waals surface area contributed by atoms with Crippen molar-refractivity contribution in [2.24, 2.45) is 0 Å². The first-order valence-electron chi connectivity index (χ1n) is 7.95. The summed E-state index contributed by atoms with van der Waals surface area (Å²) in [4.78, 5) is 13.8. The van der Waals surface area contributed by atoms with Crippen LogP contribution in [0.1, 0.15) is 38.4 Å². The molecule has 1 N–H and O–H groups in total. The first-order valence-corrected chi connectivity index (χ1v) is 7.95. The van der Waals surface area contributed by atoms with Crippen LogP contribution >= 0.6 is 0 Å². The van der Waals surface area contributed by atoms with Crippen LogP contribution in [0.25, 0.3) is 16.5 Å². The summed E-state index contributed by atoms with van der Waals surface area (Å²) < 4.78 is 5.43. The number of rotatable bonds is 1. The minimum atomic E-state index is -0.461. The SMILES string of the molecule is Cc1ccc2[nH]nc(C3=CCN(C(=O)OC(C)(C)C)CC3)c2c1. The fourth-order valence-corrected chi connectivity index (χ4v) is 2.75. The first kappa shape index (κ1) is 15.6. The normalized spacial score (nSPS) is 15.7. The summed E-state index contributed by atoms with van der Waals surface area (Å²) in [6, 6.07) is 6.27. The second kappa shape index (κ2) is 5.72. The van der Waals surface area contributed by atoms with Gasteiger partial charge in [0, 0.05) is 18.5 Å². The Morgan fingerprint density at radius 2 is 2.13 bits per heavy atom. The summed E-state index contributed by atoms with van der Waals surface area (Å²) in [7, 11) is 0. The van der Waals surface area contributed by atoms with E-state index >= 15 is 0 Å². The van der Waals surface area contributed by atoms with Crippen molar-refractivity contribution in [1.29, 1.82) is 0 Å². The number of hydrogen-bond acceptors (Lipinski definition) is 3. The Labute approximate surface area is 136 Å². The lowest BCUT2D eigenvalue weighted by Gasteiger charge is -2.29. The average molecular weight is 313 g/mol. The van der Waals surface area contributed by atoms with Crippen molar-refractivity contribution in [2.45, 2.75) is 39.7 Å². The highest BCUT2D eigenvalue weighted by Crippen LogP contribution is 2.28. The van der Waals surface area contributed by atoms with E-state index in [9.17, 15) is 4.79 Å². The lowest BCUT2D eigenvalue weighted by molar-refractivity contribution is 0.0270. The van der Waals surface area contributed by atoms with E-state index in [1.807, 2.05) is 20.8 Å². The van der Waals surface area contributed by atoms with E-state index < -0.39 is 5.60 Å². The highest BCUT2D eigenvalue weighted by molar-refractivity contribution is 5.91. The lowest BCUT2D eigenvalue weighted by atomic mass is 10.0. The van der Waals surface area contributed by atoms with Gasteiger partial charge in [0.05, 0.1) is 11.2 Å². The standard InChI is InChI=1S/C18H23N3O2/c1-12-5-6-15-14(11-12)16(20-19-15)13-7-9-21(10-8-13)17(22)23-18(2,3)4/h5-7,11H,8-10H2,1-4H3,(H,19,20). The Kier molecular flexibility index (Phi) is 3.88. The number of carbonyl (C=O) groups is 1. The molecular formula is C18H23N3O2. The van der Waals surface area contributed by atoms with Gasteiger partial charge >= 0.3 is 6.09 Å². The van der Waals surface area contributed by atoms with Crippen LogP contribution in [-0.2, 0) is 4.74 Å². The number of nitrogens with zero attached hydrogens (tertiary/aromatic N) is 2. The predicted octanol–water partition coefficient (Wildman–Crippen LogP) is 3.90. The number of fused-ring (bicyclic) bond motifs is 1. The molecule has 1 aliphatic heterocycles. The molecule has 1 amide bonds. The van der Waals surface area contributed by atoms with Crippen LogP contribution < -0.4 is 0 Å². The molecule has 0 atom stereocenters. The smallest absolute Gasteiger partial charge is 0.410 e. The van der Waals surface area contributed by atoms with E-state index in [0.29, 0.717) is 13.1 Å². The summed E-state index contributed by atoms with van der Waals surface area (Å²) in [5.74, 6) is 0. The molecule has 23 heavy (non-hydrogen) atoms. The molecule has 0 spiro atoms. The topological polar surface area (TPSA) is 58.2 Å². The van der Waals surface area contributed by atoms with E-state index in [1.165, 1.54) is 11.1 Å². The van der Waals surface area contributed by atoms with Gasteiger partial charge in [-0.1, -0.05) is 17.7 Å². The molecule has 1 aromatic heterocycles. The summed E-state index contributed by atoms with van der Waals surface area (Å²) in [5, 5.41) is 8.68. The van der Waals surface area contributed by atoms with Crippen molar-refractivity contribution < 1.29 is 9.53 Å². The van der Waals surface area contributed by atoms with Crippen molar-refractivity contribution in [1.82, 2.24) is 15.1 Å². The van der Waals surface area contributed by atoms with Crippen molar-refractivity contribution in [2.75, 3.05) is 13.1 Å². The van der Waals surface area contributed by atoms with Gasteiger partial charge in [0.2, 0.25) is 0 Å². The number of hydrogen-bond donors (Lipinski definition) is 1. The van der Waals surface area contributed by atoms with E-state index in [0.717, 1.165) is 23.0 Å². The molecule has 1 aliphatic rings. The Morgan fingerprint density at radius 1 is 1.35 bits per heavy atom. The van der Waals surface area contributed by atoms with Gasteiger partial charge in [-0.05, 0) is 51.8 Å². The summed E-state index contributed by atoms with van der Waals surface area (Å²) in [6.45, 7) is 8.94. The third-order valence-corrected chi connectivity index (χ3v) is 3.88. The van der Waals surface area contributed by atoms with E-state index in [-0.39, 0.29) is 6.09 Å². The van der Waals surface area contributed by atoms with Crippen LogP contribution in [0.5, 0.6) is 0 Å². The number of aromatic amines is 1. The molecule has 0 saturated carbocycles. The highest BCUT2D eigenvalue weighted by atomic mass is 16.6. The third kappa shape index (κ3) is 3.38. The van der Waals surface area contributed by atoms with Gasteiger partial charge in [0.15, 0.2) is 0 Å². The second-order valence-electron chi connectivity index (χ2n) is 7.03. The van der Waals surface area contributed by atoms with Crippen LogP contribution in [0.2, 0.25) is 0 Å². The lowest BCUT2D eigenvalue weighted by Crippen LogP contribution is -2.39.